The second-order valence-corrected chi connectivity index (χ2v) is 12.5. The Morgan fingerprint density at radius 1 is 0.714 bits per heavy atom. The van der Waals surface area contributed by atoms with Crippen molar-refractivity contribution >= 4 is 5.57 Å². The number of halogens is 3. The van der Waals surface area contributed by atoms with Crippen molar-refractivity contribution in [1.29, 1.82) is 0 Å². The zero-order valence-corrected chi connectivity index (χ0v) is 25.1. The number of hydrogen-bond acceptors (Lipinski definition) is 0. The SMILES string of the molecule is C=CC1CCC(C2CC=C(c3ccc(-c4ccc(-c5ccc(CCCCCCC)c(F)c5F)cc4)cc3F)CC2)CC1. The Morgan fingerprint density at radius 3 is 2.07 bits per heavy atom. The molecule has 222 valence electrons. The highest BCUT2D eigenvalue weighted by Crippen LogP contribution is 2.42. The van der Waals surface area contributed by atoms with E-state index in [4.69, 9.17) is 0 Å². The van der Waals surface area contributed by atoms with Crippen LogP contribution in [0.5, 0.6) is 0 Å². The van der Waals surface area contributed by atoms with Crippen molar-refractivity contribution in [2.24, 2.45) is 17.8 Å². The predicted octanol–water partition coefficient (Wildman–Crippen LogP) is 12.1. The predicted molar refractivity (Wildman–Crippen MR) is 171 cm³/mol. The number of rotatable bonds is 11. The molecule has 2 aliphatic rings. The monoisotopic (exact) mass is 570 g/mol. The minimum atomic E-state index is -0.795. The third kappa shape index (κ3) is 7.10. The zero-order chi connectivity index (χ0) is 29.5. The molecule has 3 heteroatoms. The summed E-state index contributed by atoms with van der Waals surface area (Å²) in [6.07, 6.45) is 18.5. The third-order valence-electron chi connectivity index (χ3n) is 9.82. The average molecular weight is 571 g/mol. The molecule has 1 unspecified atom stereocenters. The molecular weight excluding hydrogens is 525 g/mol. The van der Waals surface area contributed by atoms with Gasteiger partial charge < -0.3 is 0 Å². The minimum absolute atomic E-state index is 0.203. The van der Waals surface area contributed by atoms with Crippen molar-refractivity contribution in [3.8, 4) is 22.3 Å². The molecule has 0 radical (unpaired) electrons. The van der Waals surface area contributed by atoms with Crippen molar-refractivity contribution in [3.05, 3.63) is 102 Å². The highest BCUT2D eigenvalue weighted by molar-refractivity contribution is 5.74. The van der Waals surface area contributed by atoms with Crippen molar-refractivity contribution in [3.63, 3.8) is 0 Å². The van der Waals surface area contributed by atoms with Crippen LogP contribution in [-0.2, 0) is 6.42 Å². The fourth-order valence-corrected chi connectivity index (χ4v) is 7.10. The quantitative estimate of drug-likeness (QED) is 0.159. The standard InChI is InChI=1S/C39H45F3/c1-3-5-6-7-8-9-33-22-25-36(39(42)38(33)41)32-20-16-30(17-21-32)34-23-24-35(37(40)26-34)31-18-14-29(15-19-31)28-12-10-27(4-2)11-13-28/h4,16-18,20-29H,2-3,5-15,19H2,1H3. The van der Waals surface area contributed by atoms with Crippen LogP contribution in [0.3, 0.4) is 0 Å². The van der Waals surface area contributed by atoms with Gasteiger partial charge in [-0.2, -0.15) is 0 Å². The molecule has 1 fully saturated rings. The van der Waals surface area contributed by atoms with Gasteiger partial charge in [0.15, 0.2) is 11.6 Å². The fraction of sp³-hybridized carbons (Fsp3) is 0.436. The fourth-order valence-electron chi connectivity index (χ4n) is 7.10. The Kier molecular flexibility index (Phi) is 10.4. The van der Waals surface area contributed by atoms with Gasteiger partial charge in [-0.15, -0.1) is 6.58 Å². The summed E-state index contributed by atoms with van der Waals surface area (Å²) in [4.78, 5) is 0. The summed E-state index contributed by atoms with van der Waals surface area (Å²) in [5.74, 6) is 0.448. The molecule has 0 heterocycles. The zero-order valence-electron chi connectivity index (χ0n) is 25.1. The lowest BCUT2D eigenvalue weighted by molar-refractivity contribution is 0.212. The summed E-state index contributed by atoms with van der Waals surface area (Å²) in [5, 5.41) is 0. The molecule has 3 aromatic carbocycles. The van der Waals surface area contributed by atoms with E-state index in [2.05, 4.69) is 25.7 Å². The topological polar surface area (TPSA) is 0 Å². The molecular formula is C39H45F3. The van der Waals surface area contributed by atoms with Crippen LogP contribution in [0, 0.1) is 35.2 Å². The summed E-state index contributed by atoms with van der Waals surface area (Å²) in [6.45, 7) is 6.13. The normalized spacial score (nSPS) is 20.8. The highest BCUT2D eigenvalue weighted by atomic mass is 19.2. The van der Waals surface area contributed by atoms with Crippen molar-refractivity contribution in [2.45, 2.75) is 90.4 Å². The number of allylic oxidation sites excluding steroid dienone is 3. The number of unbranched alkanes of at least 4 members (excludes halogenated alkanes) is 4. The summed E-state index contributed by atoms with van der Waals surface area (Å²) in [5.41, 5.74) is 4.76. The lowest BCUT2D eigenvalue weighted by Gasteiger charge is -2.34. The van der Waals surface area contributed by atoms with E-state index in [-0.39, 0.29) is 11.4 Å². The maximum atomic E-state index is 15.3. The van der Waals surface area contributed by atoms with E-state index >= 15 is 8.78 Å². The van der Waals surface area contributed by atoms with Crippen molar-refractivity contribution in [2.75, 3.05) is 0 Å². The number of benzene rings is 3. The molecule has 1 saturated carbocycles. The Balaban J connectivity index is 1.22. The Labute approximate surface area is 250 Å². The lowest BCUT2D eigenvalue weighted by Crippen LogP contribution is -2.22. The minimum Gasteiger partial charge on any atom is -0.206 e. The van der Waals surface area contributed by atoms with Crippen LogP contribution in [0.15, 0.2) is 73.3 Å². The molecule has 0 saturated heterocycles. The van der Waals surface area contributed by atoms with Gasteiger partial charge >= 0.3 is 0 Å². The van der Waals surface area contributed by atoms with Crippen molar-refractivity contribution in [1.82, 2.24) is 0 Å². The number of aryl methyl sites for hydroxylation is 1. The van der Waals surface area contributed by atoms with Gasteiger partial charge in [0.25, 0.3) is 0 Å². The van der Waals surface area contributed by atoms with Crippen LogP contribution in [0.1, 0.15) is 95.1 Å². The van der Waals surface area contributed by atoms with Gasteiger partial charge in [0.05, 0.1) is 0 Å². The smallest absolute Gasteiger partial charge is 0.166 e. The van der Waals surface area contributed by atoms with Gasteiger partial charge in [-0.25, -0.2) is 13.2 Å². The molecule has 2 aliphatic carbocycles. The summed E-state index contributed by atoms with van der Waals surface area (Å²) in [7, 11) is 0. The van der Waals surface area contributed by atoms with E-state index in [1.54, 1.807) is 30.3 Å². The van der Waals surface area contributed by atoms with E-state index in [1.807, 2.05) is 24.3 Å². The molecule has 1 atom stereocenters. The molecule has 5 rings (SSSR count). The van der Waals surface area contributed by atoms with Gasteiger partial charge in [0.1, 0.15) is 5.82 Å². The summed E-state index contributed by atoms with van der Waals surface area (Å²) >= 11 is 0. The van der Waals surface area contributed by atoms with Crippen LogP contribution in [0.2, 0.25) is 0 Å². The average Bonchev–Trinajstić information content (AvgIpc) is 3.03. The largest absolute Gasteiger partial charge is 0.206 e. The van der Waals surface area contributed by atoms with Gasteiger partial charge in [-0.3, -0.25) is 0 Å². The lowest BCUT2D eigenvalue weighted by atomic mass is 9.71. The van der Waals surface area contributed by atoms with Gasteiger partial charge in [-0.1, -0.05) is 93.3 Å². The second kappa shape index (κ2) is 14.4. The molecule has 0 N–H and O–H groups in total. The first-order chi connectivity index (χ1) is 20.5. The van der Waals surface area contributed by atoms with E-state index < -0.39 is 11.6 Å². The van der Waals surface area contributed by atoms with Crippen LogP contribution >= 0.6 is 0 Å². The molecule has 42 heavy (non-hydrogen) atoms. The molecule has 0 aliphatic heterocycles. The molecule has 3 aromatic rings. The Hall–Kier alpha value is -3.07. The van der Waals surface area contributed by atoms with E-state index in [9.17, 15) is 4.39 Å². The van der Waals surface area contributed by atoms with E-state index in [1.165, 1.54) is 32.1 Å². The first-order valence-corrected chi connectivity index (χ1v) is 16.2. The van der Waals surface area contributed by atoms with Crippen LogP contribution in [-0.4, -0.2) is 0 Å². The first-order valence-electron chi connectivity index (χ1n) is 16.2. The molecule has 0 amide bonds. The summed E-state index contributed by atoms with van der Waals surface area (Å²) in [6, 6.07) is 16.1. The Morgan fingerprint density at radius 2 is 1.40 bits per heavy atom. The molecule has 0 spiro atoms. The van der Waals surface area contributed by atoms with Gasteiger partial charge in [0, 0.05) is 11.1 Å². The van der Waals surface area contributed by atoms with Gasteiger partial charge in [-0.05, 0) is 109 Å². The highest BCUT2D eigenvalue weighted by Gasteiger charge is 2.28. The molecule has 0 nitrogen and oxygen atoms in total. The number of hydrogen-bond donors (Lipinski definition) is 0. The van der Waals surface area contributed by atoms with Crippen molar-refractivity contribution < 1.29 is 13.2 Å². The maximum Gasteiger partial charge on any atom is 0.166 e. The van der Waals surface area contributed by atoms with Crippen LogP contribution in [0.4, 0.5) is 13.2 Å². The first kappa shape index (κ1) is 30.4. The third-order valence-corrected chi connectivity index (χ3v) is 9.82. The Bertz CT molecular complexity index is 1380. The van der Waals surface area contributed by atoms with Gasteiger partial charge in [0.2, 0.25) is 0 Å². The second-order valence-electron chi connectivity index (χ2n) is 12.5. The summed E-state index contributed by atoms with van der Waals surface area (Å²) < 4.78 is 45.2. The van der Waals surface area contributed by atoms with Crippen LogP contribution < -0.4 is 0 Å². The van der Waals surface area contributed by atoms with E-state index in [0.717, 1.165) is 67.6 Å². The molecule has 0 aromatic heterocycles. The molecule has 0 bridgehead atoms. The van der Waals surface area contributed by atoms with E-state index in [0.29, 0.717) is 34.9 Å². The maximum absolute atomic E-state index is 15.3. The van der Waals surface area contributed by atoms with Crippen LogP contribution in [0.25, 0.3) is 27.8 Å².